The third kappa shape index (κ3) is 2.26. The molecule has 0 saturated heterocycles. The Kier molecular flexibility index (Phi) is 3.66. The lowest BCUT2D eigenvalue weighted by Crippen LogP contribution is -1.95. The van der Waals surface area contributed by atoms with E-state index in [2.05, 4.69) is 32.7 Å². The SMILES string of the molecule is [C-]#[N+]c1c([N+]#[C-])c(C#N)c2c(c1[N+]#[C-])c1cc3ccccc3cc1c1cc3ccccc3n12. The van der Waals surface area contributed by atoms with Crippen molar-refractivity contribution < 1.29 is 0 Å². The Bertz CT molecular complexity index is 2020. The molecule has 0 spiro atoms. The fraction of sp³-hybridized carbons (Fsp3) is 0. The van der Waals surface area contributed by atoms with Crippen LogP contribution in [0, 0.1) is 31.0 Å². The second kappa shape index (κ2) is 6.57. The number of pyridine rings is 1. The van der Waals surface area contributed by atoms with Crippen LogP contribution in [0.25, 0.3) is 63.4 Å². The van der Waals surface area contributed by atoms with Crippen LogP contribution in [0.15, 0.2) is 66.7 Å². The second-order valence-electron chi connectivity index (χ2n) is 7.76. The summed E-state index contributed by atoms with van der Waals surface area (Å²) in [5.41, 5.74) is 2.39. The van der Waals surface area contributed by atoms with Crippen LogP contribution in [0.3, 0.4) is 0 Å². The topological polar surface area (TPSA) is 41.3 Å². The van der Waals surface area contributed by atoms with Crippen LogP contribution in [-0.4, -0.2) is 4.40 Å². The number of nitrogens with zero attached hydrogens (tertiary/aromatic N) is 5. The van der Waals surface area contributed by atoms with E-state index in [0.717, 1.165) is 38.0 Å². The van der Waals surface area contributed by atoms with Crippen molar-refractivity contribution in [3.05, 3.63) is 107 Å². The molecule has 2 aromatic heterocycles. The van der Waals surface area contributed by atoms with Gasteiger partial charge in [-0.1, -0.05) is 42.5 Å². The van der Waals surface area contributed by atoms with Crippen LogP contribution in [0.5, 0.6) is 0 Å². The molecular formula is C28H11N5. The van der Waals surface area contributed by atoms with Crippen LogP contribution < -0.4 is 0 Å². The summed E-state index contributed by atoms with van der Waals surface area (Å²) in [5, 5.41) is 15.5. The van der Waals surface area contributed by atoms with E-state index in [1.54, 1.807) is 0 Å². The summed E-state index contributed by atoms with van der Waals surface area (Å²) in [4.78, 5) is 10.8. The minimum absolute atomic E-state index is 0.0608. The molecule has 0 amide bonds. The largest absolute Gasteiger partial charge is 0.310 e. The molecule has 5 heteroatoms. The minimum Gasteiger partial charge on any atom is -0.310 e. The molecule has 5 nitrogen and oxygen atoms in total. The lowest BCUT2D eigenvalue weighted by Gasteiger charge is -2.16. The lowest BCUT2D eigenvalue weighted by molar-refractivity contribution is 1.34. The normalized spacial score (nSPS) is 10.9. The van der Waals surface area contributed by atoms with Crippen molar-refractivity contribution in [2.24, 2.45) is 0 Å². The van der Waals surface area contributed by atoms with E-state index in [-0.39, 0.29) is 22.6 Å². The highest BCUT2D eigenvalue weighted by Gasteiger charge is 2.25. The van der Waals surface area contributed by atoms with Gasteiger partial charge in [0.1, 0.15) is 0 Å². The summed E-state index contributed by atoms with van der Waals surface area (Å²) < 4.78 is 1.97. The van der Waals surface area contributed by atoms with E-state index >= 15 is 0 Å². The molecule has 0 fully saturated rings. The third-order valence-electron chi connectivity index (χ3n) is 6.21. The first kappa shape index (κ1) is 18.4. The monoisotopic (exact) mass is 417 g/mol. The van der Waals surface area contributed by atoms with Crippen molar-refractivity contribution in [3.63, 3.8) is 0 Å². The van der Waals surface area contributed by atoms with Gasteiger partial charge in [0.25, 0.3) is 0 Å². The van der Waals surface area contributed by atoms with Gasteiger partial charge in [-0.3, -0.25) is 14.5 Å². The van der Waals surface area contributed by atoms with E-state index in [9.17, 15) is 5.26 Å². The molecule has 0 radical (unpaired) electrons. The molecule has 0 aliphatic carbocycles. The quantitative estimate of drug-likeness (QED) is 0.140. The molecule has 0 atom stereocenters. The van der Waals surface area contributed by atoms with Crippen molar-refractivity contribution in [2.45, 2.75) is 0 Å². The van der Waals surface area contributed by atoms with Crippen molar-refractivity contribution in [1.82, 2.24) is 4.40 Å². The Morgan fingerprint density at radius 2 is 1.27 bits per heavy atom. The molecule has 6 rings (SSSR count). The Balaban J connectivity index is 2.11. The smallest absolute Gasteiger partial charge is 0.203 e. The molecule has 2 heterocycles. The van der Waals surface area contributed by atoms with Crippen molar-refractivity contribution >= 4 is 65.9 Å². The Labute approximate surface area is 188 Å². The van der Waals surface area contributed by atoms with E-state index < -0.39 is 0 Å². The van der Waals surface area contributed by atoms with Crippen molar-refractivity contribution in [3.8, 4) is 6.07 Å². The van der Waals surface area contributed by atoms with Crippen LogP contribution in [0.1, 0.15) is 5.56 Å². The zero-order valence-corrected chi connectivity index (χ0v) is 17.1. The van der Waals surface area contributed by atoms with E-state index in [1.165, 1.54) is 0 Å². The van der Waals surface area contributed by atoms with Crippen molar-refractivity contribution in [1.29, 1.82) is 5.26 Å². The van der Waals surface area contributed by atoms with E-state index in [0.29, 0.717) is 10.9 Å². The summed E-state index contributed by atoms with van der Waals surface area (Å²) >= 11 is 0. The average Bonchev–Trinajstić information content (AvgIpc) is 3.25. The van der Waals surface area contributed by atoms with Gasteiger partial charge in [0, 0.05) is 16.3 Å². The first-order valence-corrected chi connectivity index (χ1v) is 10.1. The third-order valence-corrected chi connectivity index (χ3v) is 6.21. The molecule has 0 saturated carbocycles. The van der Waals surface area contributed by atoms with Gasteiger partial charge < -0.3 is 4.40 Å². The first-order valence-electron chi connectivity index (χ1n) is 10.1. The zero-order valence-electron chi connectivity index (χ0n) is 17.1. The van der Waals surface area contributed by atoms with Gasteiger partial charge in [0.2, 0.25) is 11.4 Å². The average molecular weight is 417 g/mol. The zero-order chi connectivity index (χ0) is 22.7. The minimum atomic E-state index is -0.0646. The first-order chi connectivity index (χ1) is 16.2. The molecule has 148 valence electrons. The van der Waals surface area contributed by atoms with Crippen molar-refractivity contribution in [2.75, 3.05) is 0 Å². The Morgan fingerprint density at radius 1 is 0.667 bits per heavy atom. The molecule has 4 aromatic carbocycles. The molecule has 0 bridgehead atoms. The van der Waals surface area contributed by atoms with E-state index in [4.69, 9.17) is 19.7 Å². The summed E-state index contributed by atoms with van der Waals surface area (Å²) in [6.45, 7) is 23.3. The van der Waals surface area contributed by atoms with Gasteiger partial charge in [-0.25, -0.2) is 0 Å². The molecule has 0 aliphatic rings. The number of benzene rings is 4. The number of aromatic nitrogens is 1. The summed E-state index contributed by atoms with van der Waals surface area (Å²) in [5.74, 6) is 0. The summed E-state index contributed by atoms with van der Waals surface area (Å²) in [6.07, 6.45) is 0. The van der Waals surface area contributed by atoms with E-state index in [1.807, 2.05) is 59.0 Å². The van der Waals surface area contributed by atoms with Gasteiger partial charge in [-0.15, -0.1) is 0 Å². The van der Waals surface area contributed by atoms with Gasteiger partial charge in [0.15, 0.2) is 5.69 Å². The molecule has 0 unspecified atom stereocenters. The molecule has 0 aliphatic heterocycles. The Morgan fingerprint density at radius 3 is 1.91 bits per heavy atom. The van der Waals surface area contributed by atoms with Crippen LogP contribution in [0.4, 0.5) is 17.1 Å². The number of hydrogen-bond acceptors (Lipinski definition) is 1. The highest BCUT2D eigenvalue weighted by molar-refractivity contribution is 6.26. The lowest BCUT2D eigenvalue weighted by atomic mass is 9.95. The molecular weight excluding hydrogens is 406 g/mol. The number of nitriles is 1. The predicted molar refractivity (Wildman–Crippen MR) is 131 cm³/mol. The maximum Gasteiger partial charge on any atom is 0.203 e. The number of fused-ring (bicyclic) bond motifs is 9. The fourth-order valence-electron chi connectivity index (χ4n) is 4.86. The number of rotatable bonds is 0. The second-order valence-corrected chi connectivity index (χ2v) is 7.76. The molecule has 6 aromatic rings. The van der Waals surface area contributed by atoms with Gasteiger partial charge in [-0.2, -0.15) is 5.26 Å². The Hall–Kier alpha value is -5.36. The standard InChI is InChI=1S/C28H11N5/c1-30-25-21(15-29)28-24(26(31-2)27(25)32-3)20-13-17-9-5-4-8-16(17)12-19(20)23-14-18-10-6-7-11-22(18)33(23)28/h4-14H. The number of hydrogen-bond donors (Lipinski definition) is 0. The van der Waals surface area contributed by atoms with Crippen LogP contribution >= 0.6 is 0 Å². The highest BCUT2D eigenvalue weighted by atomic mass is 14.9. The number of para-hydroxylation sites is 1. The van der Waals surface area contributed by atoms with Crippen LogP contribution in [0.2, 0.25) is 0 Å². The van der Waals surface area contributed by atoms with Crippen LogP contribution in [-0.2, 0) is 0 Å². The molecule has 33 heavy (non-hydrogen) atoms. The maximum absolute atomic E-state index is 10.2. The molecule has 0 N–H and O–H groups in total. The highest BCUT2D eigenvalue weighted by Crippen LogP contribution is 2.50. The maximum atomic E-state index is 10.2. The predicted octanol–water partition coefficient (Wildman–Crippen LogP) is 8.08. The fourth-order valence-corrected chi connectivity index (χ4v) is 4.86. The van der Waals surface area contributed by atoms with Gasteiger partial charge in [-0.05, 0) is 45.8 Å². The van der Waals surface area contributed by atoms with Gasteiger partial charge in [0.05, 0.1) is 42.4 Å². The summed E-state index contributed by atoms with van der Waals surface area (Å²) in [6, 6.07) is 24.2. The van der Waals surface area contributed by atoms with Gasteiger partial charge >= 0.3 is 0 Å². The summed E-state index contributed by atoms with van der Waals surface area (Å²) in [7, 11) is 0.